The van der Waals surface area contributed by atoms with Crippen LogP contribution >= 0.6 is 11.6 Å². The molecule has 138 valence electrons. The van der Waals surface area contributed by atoms with Crippen molar-refractivity contribution < 1.29 is 23.0 Å². The number of halogens is 1. The van der Waals surface area contributed by atoms with Crippen LogP contribution in [0, 0.1) is 10.1 Å². The average Bonchev–Trinajstić information content (AvgIpc) is 2.59. The third kappa shape index (κ3) is 3.58. The number of benzene rings is 3. The molecule has 3 aromatic rings. The molecule has 27 heavy (non-hydrogen) atoms. The van der Waals surface area contributed by atoms with E-state index in [1.807, 2.05) is 0 Å². The second-order valence-electron chi connectivity index (χ2n) is 5.32. The minimum atomic E-state index is -4.62. The number of phenols is 1. The van der Waals surface area contributed by atoms with Crippen LogP contribution in [0.5, 0.6) is 5.75 Å². The second kappa shape index (κ2) is 6.91. The molecule has 0 unspecified atom stereocenters. The number of para-hydroxylation sites is 1. The number of fused-ring (bicyclic) bond motifs is 1. The highest BCUT2D eigenvalue weighted by Crippen LogP contribution is 2.39. The van der Waals surface area contributed by atoms with Gasteiger partial charge in [-0.1, -0.05) is 29.8 Å². The van der Waals surface area contributed by atoms with Crippen molar-refractivity contribution in [1.82, 2.24) is 0 Å². The molecule has 0 aliphatic heterocycles. The lowest BCUT2D eigenvalue weighted by Crippen LogP contribution is -1.99. The van der Waals surface area contributed by atoms with Crippen molar-refractivity contribution in [2.75, 3.05) is 0 Å². The van der Waals surface area contributed by atoms with Crippen LogP contribution in [0.25, 0.3) is 10.8 Å². The maximum absolute atomic E-state index is 11.7. The number of rotatable bonds is 4. The van der Waals surface area contributed by atoms with Crippen molar-refractivity contribution >= 4 is 49.6 Å². The van der Waals surface area contributed by atoms with Gasteiger partial charge in [0, 0.05) is 10.8 Å². The molecule has 0 bridgehead atoms. The maximum Gasteiger partial charge on any atom is 0.315 e. The van der Waals surface area contributed by atoms with Gasteiger partial charge < -0.3 is 5.11 Å². The first kappa shape index (κ1) is 18.7. The second-order valence-corrected chi connectivity index (χ2v) is 7.12. The summed E-state index contributed by atoms with van der Waals surface area (Å²) in [5, 5.41) is 28.7. The van der Waals surface area contributed by atoms with Crippen molar-refractivity contribution in [2.45, 2.75) is 4.90 Å². The molecule has 3 aromatic carbocycles. The molecule has 0 aromatic heterocycles. The molecule has 0 saturated carbocycles. The lowest BCUT2D eigenvalue weighted by molar-refractivity contribution is -0.383. The molecule has 11 heteroatoms. The SMILES string of the molecule is O=[N+]([O-])c1c(Cl)cccc1N=Nc1ccc(O)c2cccc(S(=O)(=O)O)c12. The zero-order chi connectivity index (χ0) is 19.8. The summed E-state index contributed by atoms with van der Waals surface area (Å²) in [6, 6.07) is 10.5. The van der Waals surface area contributed by atoms with Gasteiger partial charge in [0.2, 0.25) is 0 Å². The van der Waals surface area contributed by atoms with Crippen LogP contribution in [0.3, 0.4) is 0 Å². The number of nitro groups is 1. The molecular weight excluding hydrogens is 398 g/mol. The van der Waals surface area contributed by atoms with E-state index in [0.717, 1.165) is 6.07 Å². The molecule has 0 aliphatic carbocycles. The quantitative estimate of drug-likeness (QED) is 0.276. The fraction of sp³-hybridized carbons (Fsp3) is 0. The van der Waals surface area contributed by atoms with E-state index < -0.39 is 25.6 Å². The molecule has 9 nitrogen and oxygen atoms in total. The van der Waals surface area contributed by atoms with Crippen molar-refractivity contribution in [2.24, 2.45) is 10.2 Å². The Morgan fingerprint density at radius 1 is 1.00 bits per heavy atom. The van der Waals surface area contributed by atoms with Gasteiger partial charge >= 0.3 is 5.69 Å². The van der Waals surface area contributed by atoms with Gasteiger partial charge in [-0.25, -0.2) is 0 Å². The number of aromatic hydroxyl groups is 1. The molecule has 3 rings (SSSR count). The summed E-state index contributed by atoms with van der Waals surface area (Å²) in [6.45, 7) is 0. The topological polar surface area (TPSA) is 142 Å². The number of phenolic OH excluding ortho intramolecular Hbond substituents is 1. The highest BCUT2D eigenvalue weighted by molar-refractivity contribution is 7.86. The zero-order valence-electron chi connectivity index (χ0n) is 13.3. The van der Waals surface area contributed by atoms with Gasteiger partial charge in [0.25, 0.3) is 10.1 Å². The predicted molar refractivity (Wildman–Crippen MR) is 97.7 cm³/mol. The van der Waals surface area contributed by atoms with E-state index in [1.165, 1.54) is 42.5 Å². The lowest BCUT2D eigenvalue weighted by atomic mass is 10.1. The monoisotopic (exact) mass is 407 g/mol. The van der Waals surface area contributed by atoms with E-state index in [9.17, 15) is 28.2 Å². The Hall–Kier alpha value is -3.08. The number of azo groups is 1. The summed E-state index contributed by atoms with van der Waals surface area (Å²) in [5.74, 6) is -0.233. The van der Waals surface area contributed by atoms with E-state index in [4.69, 9.17) is 11.6 Å². The molecular formula is C16H10ClN3O6S. The van der Waals surface area contributed by atoms with Crippen molar-refractivity contribution in [3.8, 4) is 5.75 Å². The van der Waals surface area contributed by atoms with E-state index in [2.05, 4.69) is 10.2 Å². The van der Waals surface area contributed by atoms with Crippen molar-refractivity contribution in [3.63, 3.8) is 0 Å². The van der Waals surface area contributed by atoms with Crippen LogP contribution in [0.4, 0.5) is 17.1 Å². The fourth-order valence-corrected chi connectivity index (χ4v) is 3.47. The van der Waals surface area contributed by atoms with Gasteiger partial charge in [0.1, 0.15) is 15.7 Å². The van der Waals surface area contributed by atoms with Gasteiger partial charge in [-0.15, -0.1) is 10.2 Å². The first-order valence-corrected chi connectivity index (χ1v) is 9.09. The summed E-state index contributed by atoms with van der Waals surface area (Å²) < 4.78 is 32.8. The van der Waals surface area contributed by atoms with Crippen LogP contribution in [-0.2, 0) is 10.1 Å². The number of hydrogen-bond donors (Lipinski definition) is 2. The van der Waals surface area contributed by atoms with Crippen LogP contribution in [0.15, 0.2) is 63.7 Å². The molecule has 0 aliphatic rings. The predicted octanol–water partition coefficient (Wildman–Crippen LogP) is 4.77. The average molecular weight is 408 g/mol. The largest absolute Gasteiger partial charge is 0.507 e. The first-order chi connectivity index (χ1) is 12.7. The van der Waals surface area contributed by atoms with E-state index >= 15 is 0 Å². The summed E-state index contributed by atoms with van der Waals surface area (Å²) >= 11 is 5.82. The third-order valence-corrected chi connectivity index (χ3v) is 4.85. The summed E-state index contributed by atoms with van der Waals surface area (Å²) in [4.78, 5) is 9.98. The first-order valence-electron chi connectivity index (χ1n) is 7.27. The Morgan fingerprint density at radius 2 is 1.67 bits per heavy atom. The summed E-state index contributed by atoms with van der Waals surface area (Å²) in [7, 11) is -4.62. The summed E-state index contributed by atoms with van der Waals surface area (Å²) in [6.07, 6.45) is 0. The van der Waals surface area contributed by atoms with Crippen LogP contribution in [0.2, 0.25) is 5.02 Å². The molecule has 0 spiro atoms. The van der Waals surface area contributed by atoms with E-state index in [-0.39, 0.29) is 32.9 Å². The standard InChI is InChI=1S/C16H10ClN3O6S/c17-10-4-2-5-12(16(10)20(22)23)19-18-11-7-8-13(21)9-3-1-6-14(15(9)11)27(24,25)26/h1-8,21H,(H,24,25,26). The summed E-state index contributed by atoms with van der Waals surface area (Å²) in [5.41, 5.74) is -0.621. The molecule has 0 atom stereocenters. The molecule has 0 radical (unpaired) electrons. The van der Waals surface area contributed by atoms with Crippen LogP contribution in [-0.4, -0.2) is 23.0 Å². The highest BCUT2D eigenvalue weighted by Gasteiger charge is 2.20. The molecule has 0 heterocycles. The Bertz CT molecular complexity index is 1210. The lowest BCUT2D eigenvalue weighted by Gasteiger charge is -2.08. The molecule has 0 saturated heterocycles. The van der Waals surface area contributed by atoms with Crippen LogP contribution in [0.1, 0.15) is 0 Å². The van der Waals surface area contributed by atoms with Gasteiger partial charge in [-0.3, -0.25) is 14.7 Å². The molecule has 2 N–H and O–H groups in total. The van der Waals surface area contributed by atoms with E-state index in [0.29, 0.717) is 0 Å². The molecule has 0 fully saturated rings. The van der Waals surface area contributed by atoms with Crippen LogP contribution < -0.4 is 0 Å². The highest BCUT2D eigenvalue weighted by atomic mass is 35.5. The smallest absolute Gasteiger partial charge is 0.315 e. The Balaban J connectivity index is 2.26. The van der Waals surface area contributed by atoms with Crippen molar-refractivity contribution in [3.05, 3.63) is 63.7 Å². The minimum absolute atomic E-state index is 0.0229. The third-order valence-electron chi connectivity index (χ3n) is 3.65. The number of nitrogens with zero attached hydrogens (tertiary/aromatic N) is 3. The Morgan fingerprint density at radius 3 is 2.33 bits per heavy atom. The van der Waals surface area contributed by atoms with Gasteiger partial charge in [0.15, 0.2) is 5.69 Å². The van der Waals surface area contributed by atoms with Gasteiger partial charge in [0.05, 0.1) is 10.6 Å². The normalized spacial score (nSPS) is 11.9. The maximum atomic E-state index is 11.7. The van der Waals surface area contributed by atoms with Crippen molar-refractivity contribution in [1.29, 1.82) is 0 Å². The Labute approximate surface area is 157 Å². The van der Waals surface area contributed by atoms with Gasteiger partial charge in [-0.2, -0.15) is 8.42 Å². The minimum Gasteiger partial charge on any atom is -0.507 e. The van der Waals surface area contributed by atoms with Gasteiger partial charge in [-0.05, 0) is 30.3 Å². The molecule has 0 amide bonds. The zero-order valence-corrected chi connectivity index (χ0v) is 14.8. The van der Waals surface area contributed by atoms with E-state index in [1.54, 1.807) is 0 Å². The fourth-order valence-electron chi connectivity index (χ4n) is 2.51. The number of hydrogen-bond acceptors (Lipinski definition) is 7. The number of nitro benzene ring substituents is 1. The Kier molecular flexibility index (Phi) is 4.79.